The molecule has 2 saturated carbocycles. The van der Waals surface area contributed by atoms with Crippen LogP contribution in [0.1, 0.15) is 171 Å². The van der Waals surface area contributed by atoms with Gasteiger partial charge in [0.2, 0.25) is 11.6 Å². The number of nitrogen functional groups attached to an aromatic ring is 2. The Labute approximate surface area is 378 Å². The number of carbonyl (C=O) groups excluding carboxylic acids is 2. The SMILES string of the molecule is CCCCCCCC1CCC(COc2ccc(C=CC(=O)CC(c3ccc(N)cc3N)C(O)(O)C(=O)C=Cc3ccc(OCC4CCC(CCCCCCC)CC4)cc3)cc2)CC1. The third kappa shape index (κ3) is 16.9. The predicted octanol–water partition coefficient (Wildman–Crippen LogP) is 12.7. The first-order chi connectivity index (χ1) is 30.5. The lowest BCUT2D eigenvalue weighted by Gasteiger charge is -2.30. The first-order valence-corrected chi connectivity index (χ1v) is 24.5. The summed E-state index contributed by atoms with van der Waals surface area (Å²) in [5.74, 6) is -1.24. The normalized spacial score (nSPS) is 19.9. The Morgan fingerprint density at radius 3 is 1.52 bits per heavy atom. The summed E-state index contributed by atoms with van der Waals surface area (Å²) >= 11 is 0. The quantitative estimate of drug-likeness (QED) is 0.0257. The summed E-state index contributed by atoms with van der Waals surface area (Å²) in [6.45, 7) is 5.93. The zero-order valence-corrected chi connectivity index (χ0v) is 38.5. The smallest absolute Gasteiger partial charge is 0.235 e. The summed E-state index contributed by atoms with van der Waals surface area (Å²) in [5.41, 5.74) is 14.5. The minimum atomic E-state index is -2.94. The summed E-state index contributed by atoms with van der Waals surface area (Å²) < 4.78 is 12.3. The Morgan fingerprint density at radius 1 is 0.619 bits per heavy atom. The standard InChI is InChI=1S/C55H78N2O6/c1-3-5-7-9-11-13-41-15-19-45(20-16-41)39-62-49-31-24-43(25-32-49)23-30-48(58)38-52(51-35-29-47(56)37-53(51)57)55(60,61)54(59)36-28-44-26-33-50(34-27-44)63-40-46-21-17-42(18-22-46)14-12-10-8-6-4-2/h23-37,41-42,45-46,52,60-61H,3-22,38-40,56-57H2,1-2H3. The van der Waals surface area contributed by atoms with Crippen molar-refractivity contribution < 1.29 is 29.3 Å². The largest absolute Gasteiger partial charge is 0.493 e. The van der Waals surface area contributed by atoms with Crippen LogP contribution in [0.25, 0.3) is 12.2 Å². The fourth-order valence-electron chi connectivity index (χ4n) is 9.53. The van der Waals surface area contributed by atoms with Crippen LogP contribution in [-0.2, 0) is 9.59 Å². The molecule has 6 N–H and O–H groups in total. The molecule has 2 aliphatic rings. The molecule has 3 aromatic carbocycles. The van der Waals surface area contributed by atoms with Crippen LogP contribution >= 0.6 is 0 Å². The Balaban J connectivity index is 1.09. The molecule has 1 atom stereocenters. The van der Waals surface area contributed by atoms with Crippen molar-refractivity contribution >= 4 is 35.1 Å². The molecule has 3 aromatic rings. The van der Waals surface area contributed by atoms with Crippen molar-refractivity contribution in [3.8, 4) is 11.5 Å². The maximum Gasteiger partial charge on any atom is 0.235 e. The van der Waals surface area contributed by atoms with Crippen LogP contribution in [0.2, 0.25) is 0 Å². The van der Waals surface area contributed by atoms with E-state index in [4.69, 9.17) is 20.9 Å². The number of hydrogen-bond acceptors (Lipinski definition) is 8. The summed E-state index contributed by atoms with van der Waals surface area (Å²) in [7, 11) is 0. The van der Waals surface area contributed by atoms with Gasteiger partial charge < -0.3 is 31.2 Å². The first-order valence-electron chi connectivity index (χ1n) is 24.5. The lowest BCUT2D eigenvalue weighted by molar-refractivity contribution is -0.187. The molecular weight excluding hydrogens is 785 g/mol. The average Bonchev–Trinajstić information content (AvgIpc) is 3.29. The molecular formula is C55H78N2O6. The van der Waals surface area contributed by atoms with Gasteiger partial charge in [-0.25, -0.2) is 0 Å². The van der Waals surface area contributed by atoms with Crippen LogP contribution in [0.4, 0.5) is 11.4 Å². The van der Waals surface area contributed by atoms with Crippen LogP contribution in [0, 0.1) is 23.7 Å². The first kappa shape index (κ1) is 49.6. The number of ether oxygens (including phenoxy) is 2. The summed E-state index contributed by atoms with van der Waals surface area (Å²) in [6.07, 6.45) is 31.6. The molecule has 0 aromatic heterocycles. The van der Waals surface area contributed by atoms with Crippen molar-refractivity contribution in [2.24, 2.45) is 23.7 Å². The number of ketones is 2. The fourth-order valence-corrected chi connectivity index (χ4v) is 9.53. The van der Waals surface area contributed by atoms with Crippen LogP contribution in [-0.4, -0.2) is 40.8 Å². The third-order valence-electron chi connectivity index (χ3n) is 13.7. The number of carbonyl (C=O) groups is 2. The van der Waals surface area contributed by atoms with Gasteiger partial charge in [-0.1, -0.05) is 159 Å². The molecule has 2 aliphatic carbocycles. The van der Waals surface area contributed by atoms with Gasteiger partial charge in [-0.15, -0.1) is 0 Å². The Morgan fingerprint density at radius 2 is 1.06 bits per heavy atom. The van der Waals surface area contributed by atoms with Crippen molar-refractivity contribution in [1.82, 2.24) is 0 Å². The van der Waals surface area contributed by atoms with Gasteiger partial charge in [0.05, 0.1) is 19.1 Å². The number of aliphatic hydroxyl groups is 2. The zero-order valence-electron chi connectivity index (χ0n) is 38.5. The van der Waals surface area contributed by atoms with E-state index in [1.54, 1.807) is 12.1 Å². The molecule has 0 spiro atoms. The van der Waals surface area contributed by atoms with E-state index in [1.165, 1.54) is 153 Å². The maximum atomic E-state index is 13.5. The van der Waals surface area contributed by atoms with E-state index in [0.29, 0.717) is 36.3 Å². The summed E-state index contributed by atoms with van der Waals surface area (Å²) in [6, 6.07) is 19.6. The fraction of sp³-hybridized carbons (Fsp3) is 0.564. The number of hydrogen-bond donors (Lipinski definition) is 4. The van der Waals surface area contributed by atoms with Crippen LogP contribution in [0.5, 0.6) is 11.5 Å². The molecule has 0 aliphatic heterocycles. The highest BCUT2D eigenvalue weighted by molar-refractivity contribution is 6.01. The van der Waals surface area contributed by atoms with Gasteiger partial charge in [-0.05, 0) is 115 Å². The molecule has 0 radical (unpaired) electrons. The molecule has 8 nitrogen and oxygen atoms in total. The monoisotopic (exact) mass is 863 g/mol. The number of allylic oxidation sites excluding steroid dienone is 1. The second kappa shape index (κ2) is 26.4. The lowest BCUT2D eigenvalue weighted by Crippen LogP contribution is -2.44. The van der Waals surface area contributed by atoms with Crippen LogP contribution in [0.3, 0.4) is 0 Å². The van der Waals surface area contributed by atoms with E-state index in [9.17, 15) is 19.8 Å². The van der Waals surface area contributed by atoms with Gasteiger partial charge in [0.25, 0.3) is 0 Å². The lowest BCUT2D eigenvalue weighted by atomic mass is 9.80. The van der Waals surface area contributed by atoms with Crippen molar-refractivity contribution in [2.75, 3.05) is 24.7 Å². The molecule has 2 fully saturated rings. The molecule has 0 saturated heterocycles. The molecule has 63 heavy (non-hydrogen) atoms. The molecule has 344 valence electrons. The van der Waals surface area contributed by atoms with Crippen LogP contribution in [0.15, 0.2) is 78.9 Å². The van der Waals surface area contributed by atoms with E-state index >= 15 is 0 Å². The number of rotatable bonds is 27. The molecule has 0 bridgehead atoms. The number of unbranched alkanes of at least 4 members (excludes halogenated alkanes) is 8. The van der Waals surface area contributed by atoms with Gasteiger partial charge in [-0.2, -0.15) is 0 Å². The Kier molecular flexibility index (Phi) is 20.8. The van der Waals surface area contributed by atoms with Crippen molar-refractivity contribution in [3.05, 3.63) is 95.6 Å². The van der Waals surface area contributed by atoms with E-state index in [1.807, 2.05) is 48.5 Å². The minimum Gasteiger partial charge on any atom is -0.493 e. The van der Waals surface area contributed by atoms with E-state index in [0.717, 1.165) is 35.0 Å². The summed E-state index contributed by atoms with van der Waals surface area (Å²) in [4.78, 5) is 26.9. The van der Waals surface area contributed by atoms with Crippen molar-refractivity contribution in [2.45, 2.75) is 160 Å². The van der Waals surface area contributed by atoms with Gasteiger partial charge in [0.15, 0.2) is 5.78 Å². The predicted molar refractivity (Wildman–Crippen MR) is 259 cm³/mol. The van der Waals surface area contributed by atoms with E-state index < -0.39 is 23.3 Å². The molecule has 8 heteroatoms. The number of benzene rings is 3. The third-order valence-corrected chi connectivity index (χ3v) is 13.7. The second-order valence-corrected chi connectivity index (χ2v) is 18.8. The summed E-state index contributed by atoms with van der Waals surface area (Å²) in [5, 5.41) is 22.9. The Hall–Kier alpha value is -4.40. The van der Waals surface area contributed by atoms with E-state index in [-0.39, 0.29) is 17.7 Å². The number of nitrogens with two attached hydrogens (primary N) is 2. The molecule has 0 heterocycles. The van der Waals surface area contributed by atoms with Gasteiger partial charge >= 0.3 is 0 Å². The minimum absolute atomic E-state index is 0.156. The maximum absolute atomic E-state index is 13.5. The highest BCUT2D eigenvalue weighted by atomic mass is 16.5. The highest BCUT2D eigenvalue weighted by Crippen LogP contribution is 2.37. The zero-order chi connectivity index (χ0) is 44.9. The van der Waals surface area contributed by atoms with Gasteiger partial charge in [0.1, 0.15) is 11.5 Å². The number of anilines is 2. The van der Waals surface area contributed by atoms with Crippen LogP contribution < -0.4 is 20.9 Å². The van der Waals surface area contributed by atoms with E-state index in [2.05, 4.69) is 13.8 Å². The second-order valence-electron chi connectivity index (χ2n) is 18.8. The van der Waals surface area contributed by atoms with Gasteiger partial charge in [-0.3, -0.25) is 9.59 Å². The Bertz CT molecular complexity index is 1850. The highest BCUT2D eigenvalue weighted by Gasteiger charge is 2.43. The average molecular weight is 863 g/mol. The van der Waals surface area contributed by atoms with Gasteiger partial charge in [0, 0.05) is 17.8 Å². The van der Waals surface area contributed by atoms with Crippen molar-refractivity contribution in [3.63, 3.8) is 0 Å². The molecule has 0 amide bonds. The topological polar surface area (TPSA) is 145 Å². The molecule has 5 rings (SSSR count). The van der Waals surface area contributed by atoms with Crippen molar-refractivity contribution in [1.29, 1.82) is 0 Å². The molecule has 1 unspecified atom stereocenters.